The van der Waals surface area contributed by atoms with E-state index in [2.05, 4.69) is 10.5 Å². The number of halogens is 3. The van der Waals surface area contributed by atoms with E-state index < -0.39 is 11.9 Å². The lowest BCUT2D eigenvalue weighted by molar-refractivity contribution is 0.0378. The first kappa shape index (κ1) is 22.9. The summed E-state index contributed by atoms with van der Waals surface area (Å²) >= 11 is 17.9. The molecule has 2 aromatic carbocycles. The number of carbonyl (C=O) groups is 2. The largest absolute Gasteiger partial charge is 0.459 e. The lowest BCUT2D eigenvalue weighted by Crippen LogP contribution is -2.17. The topological polar surface area (TPSA) is 80.9 Å². The molecular weight excluding hydrogens is 463 g/mol. The van der Waals surface area contributed by atoms with Crippen molar-refractivity contribution in [3.05, 3.63) is 80.5 Å². The second kappa shape index (κ2) is 10.0. The number of hydrazone groups is 1. The van der Waals surface area contributed by atoms with Gasteiger partial charge in [-0.2, -0.15) is 5.10 Å². The Morgan fingerprint density at radius 2 is 1.68 bits per heavy atom. The van der Waals surface area contributed by atoms with Gasteiger partial charge in [0.25, 0.3) is 5.91 Å². The molecule has 3 aromatic rings. The predicted octanol–water partition coefficient (Wildman–Crippen LogP) is 6.24. The third-order valence-electron chi connectivity index (χ3n) is 3.97. The van der Waals surface area contributed by atoms with E-state index in [0.717, 1.165) is 0 Å². The van der Waals surface area contributed by atoms with Gasteiger partial charge >= 0.3 is 5.97 Å². The molecule has 1 N–H and O–H groups in total. The van der Waals surface area contributed by atoms with Crippen molar-refractivity contribution in [3.8, 4) is 11.3 Å². The van der Waals surface area contributed by atoms with Gasteiger partial charge in [0.2, 0.25) is 0 Å². The highest BCUT2D eigenvalue weighted by Gasteiger charge is 2.18. The number of benzene rings is 2. The average molecular weight is 480 g/mol. The fraction of sp³-hybridized carbons (Fsp3) is 0.136. The Labute approximate surface area is 193 Å². The van der Waals surface area contributed by atoms with Crippen molar-refractivity contribution < 1.29 is 18.7 Å². The quantitative estimate of drug-likeness (QED) is 0.258. The van der Waals surface area contributed by atoms with Gasteiger partial charge in [-0.1, -0.05) is 34.8 Å². The van der Waals surface area contributed by atoms with E-state index in [1.807, 2.05) is 0 Å². The number of esters is 1. The van der Waals surface area contributed by atoms with Gasteiger partial charge in [-0.15, -0.1) is 0 Å². The first-order chi connectivity index (χ1) is 14.7. The molecule has 0 aliphatic rings. The number of carbonyl (C=O) groups excluding carboxylic acids is 2. The molecule has 31 heavy (non-hydrogen) atoms. The molecule has 160 valence electrons. The number of hydrogen-bond acceptors (Lipinski definition) is 5. The van der Waals surface area contributed by atoms with Gasteiger partial charge in [0.1, 0.15) is 11.5 Å². The Hall–Kier alpha value is -2.80. The Morgan fingerprint density at radius 3 is 2.35 bits per heavy atom. The maximum atomic E-state index is 12.4. The van der Waals surface area contributed by atoms with Gasteiger partial charge in [0, 0.05) is 15.6 Å². The van der Waals surface area contributed by atoms with Crippen LogP contribution in [0.2, 0.25) is 15.1 Å². The number of ether oxygens (including phenoxy) is 1. The summed E-state index contributed by atoms with van der Waals surface area (Å²) in [4.78, 5) is 24.6. The van der Waals surface area contributed by atoms with E-state index in [0.29, 0.717) is 32.7 Å². The molecule has 1 amide bonds. The van der Waals surface area contributed by atoms with Gasteiger partial charge in [0.15, 0.2) is 0 Å². The number of rotatable bonds is 6. The molecule has 0 saturated carbocycles. The summed E-state index contributed by atoms with van der Waals surface area (Å²) in [6.45, 7) is 3.53. The average Bonchev–Trinajstić information content (AvgIpc) is 3.16. The first-order valence-electron chi connectivity index (χ1n) is 9.14. The zero-order valence-corrected chi connectivity index (χ0v) is 18.8. The number of furan rings is 1. The lowest BCUT2D eigenvalue weighted by Gasteiger charge is -2.11. The van der Waals surface area contributed by atoms with E-state index in [1.54, 1.807) is 50.2 Å². The van der Waals surface area contributed by atoms with E-state index in [9.17, 15) is 9.59 Å². The summed E-state index contributed by atoms with van der Waals surface area (Å²) in [6.07, 6.45) is 1.05. The second-order valence-electron chi connectivity index (χ2n) is 6.67. The third-order valence-corrected chi connectivity index (χ3v) is 4.75. The Bertz CT molecular complexity index is 1160. The van der Waals surface area contributed by atoms with E-state index >= 15 is 0 Å². The highest BCUT2D eigenvalue weighted by Crippen LogP contribution is 2.29. The predicted molar refractivity (Wildman–Crippen MR) is 121 cm³/mol. The molecular formula is C22H17Cl3N2O4. The van der Waals surface area contributed by atoms with Gasteiger partial charge in [-0.3, -0.25) is 4.79 Å². The molecule has 0 radical (unpaired) electrons. The minimum Gasteiger partial charge on any atom is -0.459 e. The number of hydrogen-bond donors (Lipinski definition) is 1. The fourth-order valence-electron chi connectivity index (χ4n) is 2.63. The van der Waals surface area contributed by atoms with Crippen molar-refractivity contribution in [2.75, 3.05) is 0 Å². The third kappa shape index (κ3) is 5.88. The summed E-state index contributed by atoms with van der Waals surface area (Å²) in [6, 6.07) is 12.6. The van der Waals surface area contributed by atoms with E-state index in [-0.39, 0.29) is 16.7 Å². The molecule has 0 bridgehead atoms. The van der Waals surface area contributed by atoms with Crippen molar-refractivity contribution in [1.29, 1.82) is 0 Å². The van der Waals surface area contributed by atoms with Crippen LogP contribution in [-0.2, 0) is 4.74 Å². The fourth-order valence-corrected chi connectivity index (χ4v) is 3.30. The van der Waals surface area contributed by atoms with Crippen LogP contribution in [0.5, 0.6) is 0 Å². The molecule has 1 aromatic heterocycles. The van der Waals surface area contributed by atoms with Gasteiger partial charge in [0.05, 0.1) is 28.5 Å². The summed E-state index contributed by atoms with van der Waals surface area (Å²) in [7, 11) is 0. The molecule has 0 aliphatic carbocycles. The molecule has 1 heterocycles. The van der Waals surface area contributed by atoms with Crippen LogP contribution in [-0.4, -0.2) is 24.2 Å². The van der Waals surface area contributed by atoms with Gasteiger partial charge < -0.3 is 9.15 Å². The van der Waals surface area contributed by atoms with Crippen molar-refractivity contribution in [1.82, 2.24) is 5.43 Å². The van der Waals surface area contributed by atoms with E-state index in [1.165, 1.54) is 18.3 Å². The lowest BCUT2D eigenvalue weighted by atomic mass is 10.1. The number of amides is 1. The normalized spacial score (nSPS) is 11.2. The molecule has 0 atom stereocenters. The molecule has 0 spiro atoms. The van der Waals surface area contributed by atoms with Gasteiger partial charge in [-0.25, -0.2) is 10.2 Å². The first-order valence-corrected chi connectivity index (χ1v) is 10.3. The molecule has 0 unspecified atom stereocenters. The molecule has 0 aliphatic heterocycles. The van der Waals surface area contributed by atoms with E-state index in [4.69, 9.17) is 44.0 Å². The molecule has 6 nitrogen and oxygen atoms in total. The smallest absolute Gasteiger partial charge is 0.339 e. The molecule has 0 saturated heterocycles. The number of nitrogens with one attached hydrogen (secondary N) is 1. The summed E-state index contributed by atoms with van der Waals surface area (Å²) in [5.41, 5.74) is 3.40. The number of nitrogens with zero attached hydrogens (tertiary/aromatic N) is 1. The molecule has 9 heteroatoms. The highest BCUT2D eigenvalue weighted by atomic mass is 35.5. The second-order valence-corrected chi connectivity index (χ2v) is 7.95. The van der Waals surface area contributed by atoms with Gasteiger partial charge in [-0.05, 0) is 62.4 Å². The van der Waals surface area contributed by atoms with Crippen LogP contribution in [0.1, 0.15) is 40.3 Å². The SMILES string of the molecule is CC(C)OC(=O)c1ccc(Cl)cc1-c1ccc(/C=N\NC(=O)c2ccc(Cl)cc2Cl)o1. The molecule has 0 fully saturated rings. The summed E-state index contributed by atoms with van der Waals surface area (Å²) in [5, 5.41) is 4.95. The van der Waals surface area contributed by atoms with Crippen molar-refractivity contribution >= 4 is 52.9 Å². The summed E-state index contributed by atoms with van der Waals surface area (Å²) in [5.74, 6) is -0.244. The van der Waals surface area contributed by atoms with Crippen LogP contribution < -0.4 is 5.43 Å². The van der Waals surface area contributed by atoms with Crippen LogP contribution in [0, 0.1) is 0 Å². The Morgan fingerprint density at radius 1 is 1.00 bits per heavy atom. The highest BCUT2D eigenvalue weighted by molar-refractivity contribution is 6.36. The zero-order valence-electron chi connectivity index (χ0n) is 16.5. The standard InChI is InChI=1S/C22H17Cl3N2O4/c1-12(2)30-22(29)16-6-3-13(23)9-18(16)20-8-5-15(31-20)11-26-27-21(28)17-7-4-14(24)10-19(17)25/h3-12H,1-2H3,(H,27,28)/b26-11-. The zero-order chi connectivity index (χ0) is 22.5. The van der Waals surface area contributed by atoms with Crippen LogP contribution >= 0.6 is 34.8 Å². The monoisotopic (exact) mass is 478 g/mol. The van der Waals surface area contributed by atoms with Crippen molar-refractivity contribution in [3.63, 3.8) is 0 Å². The Balaban J connectivity index is 1.77. The van der Waals surface area contributed by atoms with Crippen LogP contribution in [0.3, 0.4) is 0 Å². The summed E-state index contributed by atoms with van der Waals surface area (Å²) < 4.78 is 11.0. The van der Waals surface area contributed by atoms with Crippen LogP contribution in [0.15, 0.2) is 58.0 Å². The van der Waals surface area contributed by atoms with Crippen LogP contribution in [0.25, 0.3) is 11.3 Å². The molecule has 3 rings (SSSR count). The van der Waals surface area contributed by atoms with Crippen molar-refractivity contribution in [2.45, 2.75) is 20.0 Å². The minimum atomic E-state index is -0.502. The van der Waals surface area contributed by atoms with Crippen LogP contribution in [0.4, 0.5) is 0 Å². The maximum absolute atomic E-state index is 12.4. The maximum Gasteiger partial charge on any atom is 0.339 e. The van der Waals surface area contributed by atoms with Crippen molar-refractivity contribution in [2.24, 2.45) is 5.10 Å². The Kier molecular flexibility index (Phi) is 7.38. The minimum absolute atomic E-state index is 0.210.